The zero-order valence-electron chi connectivity index (χ0n) is 12.6. The van der Waals surface area contributed by atoms with Gasteiger partial charge in [0.25, 0.3) is 0 Å². The Kier molecular flexibility index (Phi) is 2.46. The van der Waals surface area contributed by atoms with Crippen LogP contribution < -0.4 is 5.73 Å². The highest BCUT2D eigenvalue weighted by Gasteiger charge is 2.61. The molecular weight excluding hydrogens is 284 g/mol. The summed E-state index contributed by atoms with van der Waals surface area (Å²) in [6.45, 7) is 4.83. The molecule has 0 amide bonds. The third kappa shape index (κ3) is 1.86. The molecule has 0 spiro atoms. The van der Waals surface area contributed by atoms with E-state index in [1.54, 1.807) is 0 Å². The average molecular weight is 306 g/mol. The van der Waals surface area contributed by atoms with Crippen LogP contribution in [0.25, 0.3) is 0 Å². The van der Waals surface area contributed by atoms with Crippen LogP contribution in [0.3, 0.4) is 0 Å². The molecule has 4 aliphatic carbocycles. The van der Waals surface area contributed by atoms with Gasteiger partial charge in [0, 0.05) is 5.41 Å². The van der Waals surface area contributed by atoms with Gasteiger partial charge in [-0.05, 0) is 55.3 Å². The van der Waals surface area contributed by atoms with E-state index in [0.717, 1.165) is 23.8 Å². The van der Waals surface area contributed by atoms with Crippen molar-refractivity contribution < 1.29 is 9.90 Å². The number of aromatic carboxylic acids is 1. The standard InChI is InChI=1S/C16H22N2O2S/c1-14-3-9-4-15(2,6-14)8-16(5-9,7-14)13-18-10(12(19)20)11(17)21-13/h9H,3-8,17H2,1-2H3,(H,19,20). The van der Waals surface area contributed by atoms with Crippen molar-refractivity contribution >= 4 is 22.3 Å². The normalized spacial score (nSPS) is 44.2. The SMILES string of the molecule is CC12CC3CC(C)(C1)CC(c1nc(C(=O)O)c(N)s1)(C3)C2. The molecule has 4 nitrogen and oxygen atoms in total. The van der Waals surface area contributed by atoms with Crippen molar-refractivity contribution in [2.75, 3.05) is 5.73 Å². The molecule has 3 N–H and O–H groups in total. The molecule has 4 aliphatic rings. The van der Waals surface area contributed by atoms with E-state index in [1.807, 2.05) is 0 Å². The van der Waals surface area contributed by atoms with Gasteiger partial charge in [-0.1, -0.05) is 13.8 Å². The topological polar surface area (TPSA) is 76.2 Å². The molecule has 2 unspecified atom stereocenters. The van der Waals surface area contributed by atoms with Crippen LogP contribution in [0.4, 0.5) is 5.00 Å². The van der Waals surface area contributed by atoms with E-state index in [-0.39, 0.29) is 11.1 Å². The summed E-state index contributed by atoms with van der Waals surface area (Å²) in [5.74, 6) is -0.230. The molecule has 4 saturated carbocycles. The minimum Gasteiger partial charge on any atom is -0.476 e. The molecule has 4 bridgehead atoms. The summed E-state index contributed by atoms with van der Waals surface area (Å²) >= 11 is 1.41. The second kappa shape index (κ2) is 3.80. The van der Waals surface area contributed by atoms with E-state index in [2.05, 4.69) is 18.8 Å². The number of nitrogens with zero attached hydrogens (tertiary/aromatic N) is 1. The van der Waals surface area contributed by atoms with Crippen LogP contribution in [0.15, 0.2) is 0 Å². The lowest BCUT2D eigenvalue weighted by Gasteiger charge is -2.64. The molecule has 1 aromatic heterocycles. The Morgan fingerprint density at radius 2 is 1.86 bits per heavy atom. The fourth-order valence-electron chi connectivity index (χ4n) is 6.40. The molecule has 0 aliphatic heterocycles. The molecule has 21 heavy (non-hydrogen) atoms. The molecule has 114 valence electrons. The Labute approximate surface area is 128 Å². The van der Waals surface area contributed by atoms with E-state index in [9.17, 15) is 9.90 Å². The molecule has 1 aromatic rings. The second-order valence-electron chi connectivity index (χ2n) is 8.45. The number of carboxylic acids is 1. The predicted molar refractivity (Wildman–Crippen MR) is 82.6 cm³/mol. The highest BCUT2D eigenvalue weighted by Crippen LogP contribution is 2.70. The van der Waals surface area contributed by atoms with Gasteiger partial charge in [0.05, 0.1) is 0 Å². The van der Waals surface area contributed by atoms with E-state index in [1.165, 1.54) is 37.0 Å². The largest absolute Gasteiger partial charge is 0.476 e. The van der Waals surface area contributed by atoms with Crippen molar-refractivity contribution in [2.24, 2.45) is 16.7 Å². The monoisotopic (exact) mass is 306 g/mol. The number of hydrogen-bond donors (Lipinski definition) is 2. The summed E-state index contributed by atoms with van der Waals surface area (Å²) in [5, 5.41) is 10.6. The number of nitrogens with two attached hydrogens (primary N) is 1. The third-order valence-corrected chi connectivity index (χ3v) is 7.07. The zero-order chi connectivity index (χ0) is 15.0. The molecule has 5 rings (SSSR count). The van der Waals surface area contributed by atoms with Gasteiger partial charge < -0.3 is 10.8 Å². The summed E-state index contributed by atoms with van der Waals surface area (Å²) < 4.78 is 0. The molecular formula is C16H22N2O2S. The van der Waals surface area contributed by atoms with Crippen molar-refractivity contribution in [1.82, 2.24) is 4.98 Å². The van der Waals surface area contributed by atoms with Crippen molar-refractivity contribution in [1.29, 1.82) is 0 Å². The van der Waals surface area contributed by atoms with Crippen LogP contribution in [0.1, 0.15) is 67.9 Å². The Hall–Kier alpha value is -1.10. The smallest absolute Gasteiger partial charge is 0.357 e. The number of thiazole rings is 1. The van der Waals surface area contributed by atoms with Crippen LogP contribution in [-0.2, 0) is 5.41 Å². The first kappa shape index (κ1) is 13.6. The van der Waals surface area contributed by atoms with Crippen molar-refractivity contribution in [3.8, 4) is 0 Å². The summed E-state index contributed by atoms with van der Waals surface area (Å²) in [4.78, 5) is 15.7. The van der Waals surface area contributed by atoms with Gasteiger partial charge in [-0.3, -0.25) is 0 Å². The molecule has 0 saturated heterocycles. The molecule has 5 heteroatoms. The van der Waals surface area contributed by atoms with Crippen LogP contribution in [0.5, 0.6) is 0 Å². The Bertz CT molecular complexity index is 620. The summed E-state index contributed by atoms with van der Waals surface area (Å²) in [6, 6.07) is 0. The lowest BCUT2D eigenvalue weighted by atomic mass is 9.40. The van der Waals surface area contributed by atoms with Gasteiger partial charge in [0.2, 0.25) is 0 Å². The summed E-state index contributed by atoms with van der Waals surface area (Å²) in [7, 11) is 0. The van der Waals surface area contributed by atoms with Crippen LogP contribution >= 0.6 is 11.3 Å². The van der Waals surface area contributed by atoms with Crippen molar-refractivity contribution in [3.05, 3.63) is 10.7 Å². The van der Waals surface area contributed by atoms with Gasteiger partial charge in [-0.2, -0.15) is 0 Å². The van der Waals surface area contributed by atoms with Crippen molar-refractivity contribution in [3.63, 3.8) is 0 Å². The molecule has 2 atom stereocenters. The number of anilines is 1. The number of nitrogen functional groups attached to an aromatic ring is 1. The first-order valence-electron chi connectivity index (χ1n) is 7.73. The van der Waals surface area contributed by atoms with Gasteiger partial charge in [0.15, 0.2) is 5.69 Å². The fourth-order valence-corrected chi connectivity index (χ4v) is 7.42. The Balaban J connectivity index is 1.81. The average Bonchev–Trinajstić information content (AvgIpc) is 2.67. The number of hydrogen-bond acceptors (Lipinski definition) is 4. The van der Waals surface area contributed by atoms with Gasteiger partial charge in [0.1, 0.15) is 10.0 Å². The molecule has 0 radical (unpaired) electrons. The Morgan fingerprint density at radius 3 is 2.33 bits per heavy atom. The summed E-state index contributed by atoms with van der Waals surface area (Å²) in [5.41, 5.74) is 6.84. The highest BCUT2D eigenvalue weighted by molar-refractivity contribution is 7.16. The van der Waals surface area contributed by atoms with Gasteiger partial charge in [-0.15, -0.1) is 11.3 Å². The minimum atomic E-state index is -1.00. The molecule has 1 heterocycles. The fraction of sp³-hybridized carbons (Fsp3) is 0.750. The molecule has 4 fully saturated rings. The lowest BCUT2D eigenvalue weighted by Crippen LogP contribution is -2.56. The number of carboxylic acid groups (broad SMARTS) is 1. The maximum Gasteiger partial charge on any atom is 0.357 e. The van der Waals surface area contributed by atoms with Crippen LogP contribution in [0.2, 0.25) is 0 Å². The number of aromatic nitrogens is 1. The third-order valence-electron chi connectivity index (χ3n) is 5.94. The number of rotatable bonds is 2. The van der Waals surface area contributed by atoms with Crippen LogP contribution in [-0.4, -0.2) is 16.1 Å². The summed E-state index contributed by atoms with van der Waals surface area (Å²) in [6.07, 6.45) is 7.44. The highest BCUT2D eigenvalue weighted by atomic mass is 32.1. The van der Waals surface area contributed by atoms with E-state index >= 15 is 0 Å². The predicted octanol–water partition coefficient (Wildman–Crippen LogP) is 3.67. The quantitative estimate of drug-likeness (QED) is 0.874. The minimum absolute atomic E-state index is 0.0565. The maximum atomic E-state index is 11.3. The Morgan fingerprint density at radius 1 is 1.24 bits per heavy atom. The maximum absolute atomic E-state index is 11.3. The molecule has 0 aromatic carbocycles. The van der Waals surface area contributed by atoms with E-state index < -0.39 is 5.97 Å². The number of carbonyl (C=O) groups is 1. The first-order valence-corrected chi connectivity index (χ1v) is 8.55. The van der Waals surface area contributed by atoms with Crippen LogP contribution in [0, 0.1) is 16.7 Å². The van der Waals surface area contributed by atoms with Gasteiger partial charge in [-0.25, -0.2) is 9.78 Å². The van der Waals surface area contributed by atoms with E-state index in [4.69, 9.17) is 5.73 Å². The zero-order valence-corrected chi connectivity index (χ0v) is 13.4. The second-order valence-corrected chi connectivity index (χ2v) is 9.48. The van der Waals surface area contributed by atoms with Crippen molar-refractivity contribution in [2.45, 2.75) is 57.8 Å². The van der Waals surface area contributed by atoms with E-state index in [0.29, 0.717) is 15.8 Å². The van der Waals surface area contributed by atoms with Gasteiger partial charge >= 0.3 is 5.97 Å². The first-order chi connectivity index (χ1) is 9.73. The lowest BCUT2D eigenvalue weighted by molar-refractivity contribution is -0.110.